The van der Waals surface area contributed by atoms with E-state index in [-0.39, 0.29) is 43.7 Å². The summed E-state index contributed by atoms with van der Waals surface area (Å²) in [5.41, 5.74) is -0.548. The van der Waals surface area contributed by atoms with Crippen LogP contribution in [0.5, 0.6) is 0 Å². The highest BCUT2D eigenvalue weighted by Gasteiger charge is 2.47. The first-order chi connectivity index (χ1) is 15.0. The molecule has 1 fully saturated rings. The Hall–Kier alpha value is -3.57. The van der Waals surface area contributed by atoms with Crippen LogP contribution in [0.4, 0.5) is 29.3 Å². The van der Waals surface area contributed by atoms with E-state index in [9.17, 15) is 32.7 Å². The second-order valence-corrected chi connectivity index (χ2v) is 8.34. The third kappa shape index (κ3) is 3.55. The van der Waals surface area contributed by atoms with Crippen molar-refractivity contribution >= 4 is 29.3 Å². The molecule has 0 saturated carbocycles. The van der Waals surface area contributed by atoms with E-state index >= 15 is 0 Å². The summed E-state index contributed by atoms with van der Waals surface area (Å²) in [7, 11) is 0. The topological polar surface area (TPSA) is 108 Å². The highest BCUT2D eigenvalue weighted by molar-refractivity contribution is 6.01. The minimum absolute atomic E-state index is 0.0159. The van der Waals surface area contributed by atoms with Crippen LogP contribution >= 0.6 is 0 Å². The van der Waals surface area contributed by atoms with Crippen LogP contribution in [0.3, 0.4) is 0 Å². The number of aliphatic carboxylic acids is 1. The van der Waals surface area contributed by atoms with Gasteiger partial charge in [-0.25, -0.2) is 18.0 Å². The summed E-state index contributed by atoms with van der Waals surface area (Å²) in [4.78, 5) is 39.6. The van der Waals surface area contributed by atoms with Gasteiger partial charge in [-0.3, -0.25) is 14.3 Å². The van der Waals surface area contributed by atoms with Crippen molar-refractivity contribution in [1.29, 1.82) is 0 Å². The quantitative estimate of drug-likeness (QED) is 0.698. The molecule has 32 heavy (non-hydrogen) atoms. The first-order valence-electron chi connectivity index (χ1n) is 9.81. The van der Waals surface area contributed by atoms with E-state index in [0.29, 0.717) is 23.5 Å². The van der Waals surface area contributed by atoms with Crippen molar-refractivity contribution < 1.29 is 32.7 Å². The summed E-state index contributed by atoms with van der Waals surface area (Å²) in [6, 6.07) is 0.320. The van der Waals surface area contributed by atoms with Gasteiger partial charge in [-0.2, -0.15) is 5.10 Å². The van der Waals surface area contributed by atoms with Crippen molar-refractivity contribution in [2.24, 2.45) is 5.41 Å². The smallest absolute Gasteiger partial charge is 0.322 e. The molecule has 12 heteroatoms. The van der Waals surface area contributed by atoms with Gasteiger partial charge in [0.2, 0.25) is 5.91 Å². The lowest BCUT2D eigenvalue weighted by molar-refractivity contribution is -0.147. The fourth-order valence-corrected chi connectivity index (χ4v) is 3.99. The number of carboxylic acid groups (broad SMARTS) is 1. The number of benzene rings is 1. The number of amides is 3. The highest BCUT2D eigenvalue weighted by atomic mass is 19.2. The Balaban J connectivity index is 1.57. The van der Waals surface area contributed by atoms with Crippen LogP contribution in [0.15, 0.2) is 18.3 Å². The van der Waals surface area contributed by atoms with Crippen LogP contribution in [0.2, 0.25) is 0 Å². The van der Waals surface area contributed by atoms with Crippen molar-refractivity contribution in [3.05, 3.63) is 41.5 Å². The molecule has 3 amide bonds. The minimum Gasteiger partial charge on any atom is -0.481 e. The minimum atomic E-state index is -1.63. The third-order valence-corrected chi connectivity index (χ3v) is 5.87. The number of carbonyl (C=O) groups excluding carboxylic acids is 2. The molecule has 1 saturated heterocycles. The molecular weight excluding hydrogens is 431 g/mol. The van der Waals surface area contributed by atoms with Gasteiger partial charge in [0, 0.05) is 30.8 Å². The molecule has 3 heterocycles. The fourth-order valence-electron chi connectivity index (χ4n) is 3.99. The maximum absolute atomic E-state index is 13.5. The second-order valence-electron chi connectivity index (χ2n) is 8.34. The fraction of sp³-hybridized carbons (Fsp3) is 0.400. The van der Waals surface area contributed by atoms with Gasteiger partial charge < -0.3 is 20.2 Å². The van der Waals surface area contributed by atoms with Crippen LogP contribution in [0.1, 0.15) is 26.0 Å². The van der Waals surface area contributed by atoms with Crippen LogP contribution in [0, 0.1) is 22.9 Å². The number of hydrogen-bond donors (Lipinski definition) is 2. The molecular formula is C20H20F3N5O4. The molecule has 0 aliphatic carbocycles. The molecule has 0 bridgehead atoms. The summed E-state index contributed by atoms with van der Waals surface area (Å²) < 4.78 is 41.8. The summed E-state index contributed by atoms with van der Waals surface area (Å²) in [6.45, 7) is 3.51. The van der Waals surface area contributed by atoms with Crippen molar-refractivity contribution in [2.75, 3.05) is 16.8 Å². The Morgan fingerprint density at radius 3 is 2.50 bits per heavy atom. The standard InChI is InChI=1S/C20H20F3N5O4/c1-10-7-28-15(14(6-24-28)27-9-20(2,18(30)31)5-16(27)29)8-26(10)19(32)25-11-3-12(21)17(23)13(22)4-11/h3-4,6,10H,5,7-9H2,1-2H3,(H,25,32)(H,30,31)/t10-,20?/m0/s1. The average Bonchev–Trinajstić information content (AvgIpc) is 3.25. The zero-order valence-corrected chi connectivity index (χ0v) is 17.2. The molecule has 2 aromatic rings. The SMILES string of the molecule is C[C@H]1Cn2ncc(N3CC(C)(C(=O)O)CC3=O)c2CN1C(=O)Nc1cc(F)c(F)c(F)c1. The molecule has 1 aromatic carbocycles. The third-order valence-electron chi connectivity index (χ3n) is 5.87. The van der Waals surface area contributed by atoms with Crippen molar-refractivity contribution in [1.82, 2.24) is 14.7 Å². The Labute approximate surface area is 180 Å². The normalized spacial score (nSPS) is 22.8. The zero-order valence-electron chi connectivity index (χ0n) is 17.2. The number of fused-ring (bicyclic) bond motifs is 1. The Kier molecular flexibility index (Phi) is 5.10. The number of carbonyl (C=O) groups is 3. The monoisotopic (exact) mass is 451 g/mol. The van der Waals surface area contributed by atoms with Gasteiger partial charge in [0.15, 0.2) is 17.5 Å². The molecule has 4 rings (SSSR count). The van der Waals surface area contributed by atoms with E-state index in [1.165, 1.54) is 22.9 Å². The number of hydrogen-bond acceptors (Lipinski definition) is 4. The van der Waals surface area contributed by atoms with Crippen LogP contribution in [-0.2, 0) is 22.7 Å². The van der Waals surface area contributed by atoms with Crippen LogP contribution < -0.4 is 10.2 Å². The Bertz CT molecular complexity index is 1110. The van der Waals surface area contributed by atoms with Crippen molar-refractivity contribution in [3.63, 3.8) is 0 Å². The lowest BCUT2D eigenvalue weighted by atomic mass is 9.90. The molecule has 2 N–H and O–H groups in total. The molecule has 2 atom stereocenters. The molecule has 2 aliphatic heterocycles. The molecule has 9 nitrogen and oxygen atoms in total. The number of carboxylic acids is 1. The van der Waals surface area contributed by atoms with Gasteiger partial charge in [0.1, 0.15) is 0 Å². The molecule has 1 aromatic heterocycles. The van der Waals surface area contributed by atoms with Gasteiger partial charge >= 0.3 is 12.0 Å². The second kappa shape index (κ2) is 7.53. The summed E-state index contributed by atoms with van der Waals surface area (Å²) >= 11 is 0. The van der Waals surface area contributed by atoms with E-state index in [0.717, 1.165) is 0 Å². The van der Waals surface area contributed by atoms with Crippen molar-refractivity contribution in [3.8, 4) is 0 Å². The van der Waals surface area contributed by atoms with Crippen LogP contribution in [0.25, 0.3) is 0 Å². The first-order valence-corrected chi connectivity index (χ1v) is 9.81. The number of anilines is 2. The maximum atomic E-state index is 13.5. The number of urea groups is 1. The first kappa shape index (κ1) is 21.7. The predicted molar refractivity (Wildman–Crippen MR) is 105 cm³/mol. The number of rotatable bonds is 3. The van der Waals surface area contributed by atoms with Gasteiger partial charge in [-0.15, -0.1) is 0 Å². The molecule has 0 radical (unpaired) electrons. The van der Waals surface area contributed by atoms with E-state index in [1.807, 2.05) is 0 Å². The molecule has 0 spiro atoms. The maximum Gasteiger partial charge on any atom is 0.322 e. The lowest BCUT2D eigenvalue weighted by Gasteiger charge is -2.35. The van der Waals surface area contributed by atoms with Gasteiger partial charge in [-0.05, 0) is 13.8 Å². The zero-order chi connectivity index (χ0) is 23.4. The Morgan fingerprint density at radius 1 is 1.25 bits per heavy atom. The van der Waals surface area contributed by atoms with Crippen LogP contribution in [-0.4, -0.2) is 50.3 Å². The van der Waals surface area contributed by atoms with Gasteiger partial charge in [0.25, 0.3) is 0 Å². The molecule has 2 aliphatic rings. The Morgan fingerprint density at radius 2 is 1.91 bits per heavy atom. The number of nitrogens with zero attached hydrogens (tertiary/aromatic N) is 4. The van der Waals surface area contributed by atoms with E-state index in [4.69, 9.17) is 0 Å². The summed E-state index contributed by atoms with van der Waals surface area (Å²) in [5, 5.41) is 16.1. The lowest BCUT2D eigenvalue weighted by Crippen LogP contribution is -2.47. The number of nitrogens with one attached hydrogen (secondary N) is 1. The predicted octanol–water partition coefficient (Wildman–Crippen LogP) is 2.56. The van der Waals surface area contributed by atoms with E-state index < -0.39 is 34.9 Å². The average molecular weight is 451 g/mol. The summed E-state index contributed by atoms with van der Waals surface area (Å²) in [6.07, 6.45) is 1.30. The summed E-state index contributed by atoms with van der Waals surface area (Å²) in [5.74, 6) is -5.94. The van der Waals surface area contributed by atoms with E-state index in [1.54, 1.807) is 11.6 Å². The van der Waals surface area contributed by atoms with Gasteiger partial charge in [-0.1, -0.05) is 0 Å². The highest BCUT2D eigenvalue weighted by Crippen LogP contribution is 2.37. The molecule has 1 unspecified atom stereocenters. The largest absolute Gasteiger partial charge is 0.481 e. The van der Waals surface area contributed by atoms with E-state index in [2.05, 4.69) is 10.4 Å². The van der Waals surface area contributed by atoms with Gasteiger partial charge in [0.05, 0.1) is 42.1 Å². The number of halogens is 3. The molecule has 170 valence electrons. The van der Waals surface area contributed by atoms with Crippen molar-refractivity contribution in [2.45, 2.75) is 39.4 Å². The number of aromatic nitrogens is 2.